The number of aliphatic hydroxyl groups is 1. The lowest BCUT2D eigenvalue weighted by Gasteiger charge is -2.22. The molecule has 3 N–H and O–H groups in total. The van der Waals surface area contributed by atoms with Crippen LogP contribution in [-0.2, 0) is 0 Å². The first-order chi connectivity index (χ1) is 10.5. The molecule has 1 fully saturated rings. The highest BCUT2D eigenvalue weighted by Crippen LogP contribution is 2.28. The van der Waals surface area contributed by atoms with Crippen molar-refractivity contribution in [3.05, 3.63) is 34.3 Å². The predicted molar refractivity (Wildman–Crippen MR) is 98.6 cm³/mol. The monoisotopic (exact) mass is 385 g/mol. The highest BCUT2D eigenvalue weighted by Gasteiger charge is 2.31. The number of rotatable bonds is 5. The second kappa shape index (κ2) is 8.22. The molecule has 1 aliphatic rings. The SMILES string of the molecule is CCNC(=NCC1(O)CCSC1)NC(C)c1ccccc1Br. The number of benzene rings is 1. The fraction of sp³-hybridized carbons (Fsp3) is 0.562. The van der Waals surface area contributed by atoms with Gasteiger partial charge in [0.05, 0.1) is 18.2 Å². The third-order valence-electron chi connectivity index (χ3n) is 3.68. The molecule has 2 unspecified atom stereocenters. The molecule has 0 spiro atoms. The lowest BCUT2D eigenvalue weighted by atomic mass is 10.0. The van der Waals surface area contributed by atoms with E-state index < -0.39 is 5.60 Å². The van der Waals surface area contributed by atoms with Crippen molar-refractivity contribution in [2.45, 2.75) is 31.9 Å². The molecule has 22 heavy (non-hydrogen) atoms. The zero-order valence-corrected chi connectivity index (χ0v) is 15.5. The maximum Gasteiger partial charge on any atom is 0.191 e. The van der Waals surface area contributed by atoms with Crippen LogP contribution in [-0.4, -0.2) is 41.3 Å². The van der Waals surface area contributed by atoms with Gasteiger partial charge in [0.25, 0.3) is 0 Å². The molecular weight excluding hydrogens is 362 g/mol. The van der Waals surface area contributed by atoms with Crippen LogP contribution in [0.5, 0.6) is 0 Å². The van der Waals surface area contributed by atoms with Gasteiger partial charge in [0.2, 0.25) is 0 Å². The summed E-state index contributed by atoms with van der Waals surface area (Å²) < 4.78 is 1.08. The first kappa shape index (κ1) is 17.6. The van der Waals surface area contributed by atoms with E-state index in [1.54, 1.807) is 11.8 Å². The Morgan fingerprint density at radius 2 is 2.27 bits per heavy atom. The van der Waals surface area contributed by atoms with Crippen molar-refractivity contribution in [1.29, 1.82) is 0 Å². The highest BCUT2D eigenvalue weighted by atomic mass is 79.9. The molecule has 0 saturated carbocycles. The van der Waals surface area contributed by atoms with Gasteiger partial charge in [0, 0.05) is 16.8 Å². The maximum absolute atomic E-state index is 10.4. The molecule has 0 amide bonds. The minimum atomic E-state index is -0.649. The number of hydrogen-bond donors (Lipinski definition) is 3. The Kier molecular flexibility index (Phi) is 6.59. The van der Waals surface area contributed by atoms with Gasteiger partial charge in [-0.1, -0.05) is 34.1 Å². The Bertz CT molecular complexity index is 518. The quantitative estimate of drug-likeness (QED) is 0.538. The van der Waals surface area contributed by atoms with Crippen molar-refractivity contribution < 1.29 is 5.11 Å². The number of guanidine groups is 1. The van der Waals surface area contributed by atoms with Gasteiger partial charge >= 0.3 is 0 Å². The van der Waals surface area contributed by atoms with Gasteiger partial charge in [-0.2, -0.15) is 11.8 Å². The molecule has 0 radical (unpaired) electrons. The average Bonchev–Trinajstić information content (AvgIpc) is 2.93. The van der Waals surface area contributed by atoms with Crippen LogP contribution >= 0.6 is 27.7 Å². The molecule has 1 aromatic rings. The molecule has 0 aromatic heterocycles. The van der Waals surface area contributed by atoms with Crippen LogP contribution in [0.2, 0.25) is 0 Å². The van der Waals surface area contributed by atoms with Crippen LogP contribution in [0.3, 0.4) is 0 Å². The zero-order valence-electron chi connectivity index (χ0n) is 13.1. The number of thioether (sulfide) groups is 1. The van der Waals surface area contributed by atoms with E-state index >= 15 is 0 Å². The summed E-state index contributed by atoms with van der Waals surface area (Å²) in [5.41, 5.74) is 0.534. The van der Waals surface area contributed by atoms with Crippen molar-refractivity contribution in [3.8, 4) is 0 Å². The number of hydrogen-bond acceptors (Lipinski definition) is 3. The molecule has 6 heteroatoms. The summed E-state index contributed by atoms with van der Waals surface area (Å²) >= 11 is 5.38. The lowest BCUT2D eigenvalue weighted by molar-refractivity contribution is 0.0778. The minimum Gasteiger partial charge on any atom is -0.387 e. The van der Waals surface area contributed by atoms with Crippen LogP contribution in [0.15, 0.2) is 33.7 Å². The smallest absolute Gasteiger partial charge is 0.191 e. The van der Waals surface area contributed by atoms with Crippen molar-refractivity contribution in [2.24, 2.45) is 4.99 Å². The fourth-order valence-electron chi connectivity index (χ4n) is 2.38. The number of aliphatic imine (C=N–C) groups is 1. The van der Waals surface area contributed by atoms with Crippen molar-refractivity contribution >= 4 is 33.7 Å². The van der Waals surface area contributed by atoms with E-state index in [1.807, 2.05) is 25.1 Å². The summed E-state index contributed by atoms with van der Waals surface area (Å²) in [5.74, 6) is 2.54. The Balaban J connectivity index is 2.03. The normalized spacial score (nSPS) is 23.4. The van der Waals surface area contributed by atoms with E-state index in [-0.39, 0.29) is 6.04 Å². The van der Waals surface area contributed by atoms with Gasteiger partial charge in [-0.05, 0) is 37.7 Å². The second-order valence-electron chi connectivity index (χ2n) is 5.61. The molecule has 1 saturated heterocycles. The maximum atomic E-state index is 10.4. The van der Waals surface area contributed by atoms with Gasteiger partial charge in [0.1, 0.15) is 0 Å². The third kappa shape index (κ3) is 4.89. The second-order valence-corrected chi connectivity index (χ2v) is 7.57. The van der Waals surface area contributed by atoms with Gasteiger partial charge < -0.3 is 15.7 Å². The summed E-state index contributed by atoms with van der Waals surface area (Å²) in [6.45, 7) is 5.38. The Morgan fingerprint density at radius 1 is 1.50 bits per heavy atom. The molecule has 2 rings (SSSR count). The Hall–Kier alpha value is -0.720. The van der Waals surface area contributed by atoms with Crippen LogP contribution in [0.25, 0.3) is 0 Å². The molecule has 2 atom stereocenters. The van der Waals surface area contributed by atoms with Crippen molar-refractivity contribution in [3.63, 3.8) is 0 Å². The van der Waals surface area contributed by atoms with E-state index in [9.17, 15) is 5.11 Å². The molecule has 0 aliphatic carbocycles. The van der Waals surface area contributed by atoms with E-state index in [4.69, 9.17) is 0 Å². The van der Waals surface area contributed by atoms with Gasteiger partial charge in [-0.15, -0.1) is 0 Å². The first-order valence-electron chi connectivity index (χ1n) is 7.63. The predicted octanol–water partition coefficient (Wildman–Crippen LogP) is 2.93. The topological polar surface area (TPSA) is 56.7 Å². The summed E-state index contributed by atoms with van der Waals surface area (Å²) in [7, 11) is 0. The molecule has 1 aliphatic heterocycles. The van der Waals surface area contributed by atoms with Crippen molar-refractivity contribution in [2.75, 3.05) is 24.6 Å². The van der Waals surface area contributed by atoms with E-state index in [0.29, 0.717) is 6.54 Å². The van der Waals surface area contributed by atoms with E-state index in [0.717, 1.165) is 34.9 Å². The highest BCUT2D eigenvalue weighted by molar-refractivity contribution is 9.10. The standard InChI is InChI=1S/C16H24BrN3OS/c1-3-18-15(19-10-16(21)8-9-22-11-16)20-12(2)13-6-4-5-7-14(13)17/h4-7,12,21H,3,8-11H2,1-2H3,(H2,18,19,20). The number of nitrogens with zero attached hydrogens (tertiary/aromatic N) is 1. The molecule has 1 heterocycles. The van der Waals surface area contributed by atoms with Gasteiger partial charge in [0.15, 0.2) is 5.96 Å². The minimum absolute atomic E-state index is 0.126. The number of nitrogens with one attached hydrogen (secondary N) is 2. The van der Waals surface area contributed by atoms with Crippen LogP contribution in [0.4, 0.5) is 0 Å². The average molecular weight is 386 g/mol. The van der Waals surface area contributed by atoms with E-state index in [2.05, 4.69) is 44.5 Å². The third-order valence-corrected chi connectivity index (χ3v) is 5.64. The molecule has 1 aromatic carbocycles. The molecule has 4 nitrogen and oxygen atoms in total. The van der Waals surface area contributed by atoms with E-state index in [1.165, 1.54) is 5.56 Å². The van der Waals surface area contributed by atoms with Crippen LogP contribution in [0.1, 0.15) is 31.9 Å². The number of halogens is 1. The fourth-order valence-corrected chi connectivity index (χ4v) is 4.29. The summed E-state index contributed by atoms with van der Waals surface area (Å²) in [5, 5.41) is 17.1. The van der Waals surface area contributed by atoms with Crippen LogP contribution in [0, 0.1) is 0 Å². The summed E-state index contributed by atoms with van der Waals surface area (Å²) in [6, 6.07) is 8.29. The summed E-state index contributed by atoms with van der Waals surface area (Å²) in [6.07, 6.45) is 0.820. The summed E-state index contributed by atoms with van der Waals surface area (Å²) in [4.78, 5) is 4.58. The molecule has 122 valence electrons. The Labute approximate surface area is 145 Å². The molecular formula is C16H24BrN3OS. The van der Waals surface area contributed by atoms with Crippen molar-refractivity contribution in [1.82, 2.24) is 10.6 Å². The van der Waals surface area contributed by atoms with Crippen LogP contribution < -0.4 is 10.6 Å². The zero-order chi connectivity index (χ0) is 16.0. The molecule has 0 bridgehead atoms. The lowest BCUT2D eigenvalue weighted by Crippen LogP contribution is -2.41. The first-order valence-corrected chi connectivity index (χ1v) is 9.58. The van der Waals surface area contributed by atoms with Gasteiger partial charge in [-0.3, -0.25) is 4.99 Å². The van der Waals surface area contributed by atoms with Gasteiger partial charge in [-0.25, -0.2) is 0 Å². The Morgan fingerprint density at radius 3 is 2.91 bits per heavy atom. The largest absolute Gasteiger partial charge is 0.387 e.